The van der Waals surface area contributed by atoms with E-state index in [4.69, 9.17) is 0 Å². The Labute approximate surface area is 149 Å². The highest BCUT2D eigenvalue weighted by atomic mass is 32.1. The van der Waals surface area contributed by atoms with Gasteiger partial charge in [0.1, 0.15) is 21.5 Å². The summed E-state index contributed by atoms with van der Waals surface area (Å²) in [5.74, 6) is -1.50. The minimum absolute atomic E-state index is 0.190. The van der Waals surface area contributed by atoms with Gasteiger partial charge in [-0.05, 0) is 51.9 Å². The quantitative estimate of drug-likeness (QED) is 0.880. The van der Waals surface area contributed by atoms with Crippen molar-refractivity contribution in [3.8, 4) is 10.6 Å². The molecule has 1 atom stereocenters. The van der Waals surface area contributed by atoms with Crippen LogP contribution in [-0.4, -0.2) is 42.0 Å². The van der Waals surface area contributed by atoms with Crippen molar-refractivity contribution in [2.75, 3.05) is 20.1 Å². The van der Waals surface area contributed by atoms with E-state index >= 15 is 0 Å². The van der Waals surface area contributed by atoms with E-state index in [-0.39, 0.29) is 11.5 Å². The van der Waals surface area contributed by atoms with Gasteiger partial charge in [-0.2, -0.15) is 0 Å². The molecule has 1 aromatic heterocycles. The second-order valence-electron chi connectivity index (χ2n) is 6.38. The fourth-order valence-electron chi connectivity index (χ4n) is 3.16. The first-order valence-corrected chi connectivity index (χ1v) is 9.18. The van der Waals surface area contributed by atoms with Crippen LogP contribution in [0.1, 0.15) is 34.6 Å². The maximum Gasteiger partial charge on any atom is 0.263 e. The lowest BCUT2D eigenvalue weighted by Gasteiger charge is -2.19. The summed E-state index contributed by atoms with van der Waals surface area (Å²) in [6.07, 6.45) is 3.29. The molecule has 1 amide bonds. The molecule has 1 aromatic carbocycles. The number of likely N-dealkylation sites (tertiary alicyclic amines) is 1. The third-order valence-electron chi connectivity index (χ3n) is 4.60. The Kier molecular flexibility index (Phi) is 5.44. The standard InChI is InChI=1S/C18H21F2N3OS/c1-11-16(17(24)21-8-7-13-4-3-9-23(13)2)25-18(22-11)14-6-5-12(19)10-15(14)20/h5-6,10,13H,3-4,7-9H2,1-2H3,(H,21,24). The number of hydrogen-bond acceptors (Lipinski definition) is 4. The number of halogens is 2. The van der Waals surface area contributed by atoms with Crippen molar-refractivity contribution in [3.05, 3.63) is 40.4 Å². The Hall–Kier alpha value is -1.86. The summed E-state index contributed by atoms with van der Waals surface area (Å²) in [6, 6.07) is 3.88. The van der Waals surface area contributed by atoms with E-state index in [1.807, 2.05) is 0 Å². The van der Waals surface area contributed by atoms with Crippen LogP contribution in [0.25, 0.3) is 10.6 Å². The minimum atomic E-state index is -0.676. The third-order valence-corrected chi connectivity index (χ3v) is 5.79. The fraction of sp³-hybridized carbons (Fsp3) is 0.444. The molecular formula is C18H21F2N3OS. The highest BCUT2D eigenvalue weighted by Gasteiger charge is 2.22. The van der Waals surface area contributed by atoms with Crippen LogP contribution in [0.15, 0.2) is 18.2 Å². The van der Waals surface area contributed by atoms with Crippen LogP contribution < -0.4 is 5.32 Å². The van der Waals surface area contributed by atoms with Gasteiger partial charge in [0.15, 0.2) is 0 Å². The van der Waals surface area contributed by atoms with E-state index in [0.717, 1.165) is 30.4 Å². The Morgan fingerprint density at radius 3 is 2.92 bits per heavy atom. The van der Waals surface area contributed by atoms with E-state index in [1.54, 1.807) is 6.92 Å². The summed E-state index contributed by atoms with van der Waals surface area (Å²) in [5, 5.41) is 3.31. The molecule has 0 spiro atoms. The summed E-state index contributed by atoms with van der Waals surface area (Å²) in [5.41, 5.74) is 0.764. The predicted molar refractivity (Wildman–Crippen MR) is 94.8 cm³/mol. The number of aryl methyl sites for hydroxylation is 1. The molecule has 3 rings (SSSR count). The Morgan fingerprint density at radius 2 is 2.24 bits per heavy atom. The SMILES string of the molecule is Cc1nc(-c2ccc(F)cc2F)sc1C(=O)NCCC1CCCN1C. The highest BCUT2D eigenvalue weighted by Crippen LogP contribution is 2.30. The molecule has 2 aromatic rings. The van der Waals surface area contributed by atoms with Crippen LogP contribution >= 0.6 is 11.3 Å². The maximum absolute atomic E-state index is 13.9. The van der Waals surface area contributed by atoms with Gasteiger partial charge in [-0.3, -0.25) is 4.79 Å². The third kappa shape index (κ3) is 4.04. The van der Waals surface area contributed by atoms with E-state index in [9.17, 15) is 13.6 Å². The zero-order chi connectivity index (χ0) is 18.0. The number of aromatic nitrogens is 1. The van der Waals surface area contributed by atoms with Crippen molar-refractivity contribution in [1.29, 1.82) is 0 Å². The van der Waals surface area contributed by atoms with Crippen LogP contribution in [0.4, 0.5) is 8.78 Å². The second kappa shape index (κ2) is 7.58. The number of carbonyl (C=O) groups excluding carboxylic acids is 1. The number of rotatable bonds is 5. The largest absolute Gasteiger partial charge is 0.351 e. The van der Waals surface area contributed by atoms with Crippen LogP contribution in [-0.2, 0) is 0 Å². The second-order valence-corrected chi connectivity index (χ2v) is 7.38. The first-order chi connectivity index (χ1) is 12.0. The molecule has 134 valence electrons. The van der Waals surface area contributed by atoms with Gasteiger partial charge in [-0.1, -0.05) is 0 Å². The molecule has 4 nitrogen and oxygen atoms in total. The van der Waals surface area contributed by atoms with Gasteiger partial charge in [0.25, 0.3) is 5.91 Å². The predicted octanol–water partition coefficient (Wildman–Crippen LogP) is 3.61. The average Bonchev–Trinajstić information content (AvgIpc) is 3.13. The lowest BCUT2D eigenvalue weighted by atomic mass is 10.1. The Balaban J connectivity index is 1.66. The van der Waals surface area contributed by atoms with Gasteiger partial charge in [-0.25, -0.2) is 13.8 Å². The number of amides is 1. The summed E-state index contributed by atoms with van der Waals surface area (Å²) < 4.78 is 27.0. The monoisotopic (exact) mass is 365 g/mol. The normalized spacial score (nSPS) is 17.8. The van der Waals surface area contributed by atoms with Crippen molar-refractivity contribution in [3.63, 3.8) is 0 Å². The number of carbonyl (C=O) groups is 1. The highest BCUT2D eigenvalue weighted by molar-refractivity contribution is 7.17. The zero-order valence-corrected chi connectivity index (χ0v) is 15.1. The van der Waals surface area contributed by atoms with Crippen LogP contribution in [0.5, 0.6) is 0 Å². The molecule has 0 bridgehead atoms. The number of nitrogens with one attached hydrogen (secondary N) is 1. The molecule has 1 fully saturated rings. The number of hydrogen-bond donors (Lipinski definition) is 1. The molecule has 2 heterocycles. The molecule has 1 saturated heterocycles. The molecule has 1 unspecified atom stereocenters. The van der Waals surface area contributed by atoms with Gasteiger partial charge in [-0.15, -0.1) is 11.3 Å². The molecule has 0 saturated carbocycles. The smallest absolute Gasteiger partial charge is 0.263 e. The molecular weight excluding hydrogens is 344 g/mol. The summed E-state index contributed by atoms with van der Waals surface area (Å²) >= 11 is 1.13. The average molecular weight is 365 g/mol. The van der Waals surface area contributed by atoms with Crippen LogP contribution in [0.3, 0.4) is 0 Å². The topological polar surface area (TPSA) is 45.2 Å². The molecule has 1 aliphatic rings. The minimum Gasteiger partial charge on any atom is -0.351 e. The molecule has 1 aliphatic heterocycles. The van der Waals surface area contributed by atoms with E-state index in [1.165, 1.54) is 25.0 Å². The van der Waals surface area contributed by atoms with Crippen molar-refractivity contribution >= 4 is 17.2 Å². The Bertz CT molecular complexity index is 778. The summed E-state index contributed by atoms with van der Waals surface area (Å²) in [6.45, 7) is 3.44. The van der Waals surface area contributed by atoms with Gasteiger partial charge in [0.2, 0.25) is 0 Å². The van der Waals surface area contributed by atoms with Gasteiger partial charge >= 0.3 is 0 Å². The van der Waals surface area contributed by atoms with Crippen molar-refractivity contribution in [2.24, 2.45) is 0 Å². The number of nitrogens with zero attached hydrogens (tertiary/aromatic N) is 2. The van der Waals surface area contributed by atoms with Crippen molar-refractivity contribution in [1.82, 2.24) is 15.2 Å². The first kappa shape index (κ1) is 17.9. The number of thiazole rings is 1. The lowest BCUT2D eigenvalue weighted by molar-refractivity contribution is 0.0953. The molecule has 0 aliphatic carbocycles. The zero-order valence-electron chi connectivity index (χ0n) is 14.3. The summed E-state index contributed by atoms with van der Waals surface area (Å²) in [4.78, 5) is 19.5. The molecule has 7 heteroatoms. The van der Waals surface area contributed by atoms with Crippen LogP contribution in [0, 0.1) is 18.6 Å². The van der Waals surface area contributed by atoms with E-state index < -0.39 is 11.6 Å². The van der Waals surface area contributed by atoms with Crippen molar-refractivity contribution in [2.45, 2.75) is 32.2 Å². The van der Waals surface area contributed by atoms with E-state index in [2.05, 4.69) is 22.2 Å². The lowest BCUT2D eigenvalue weighted by Crippen LogP contribution is -2.31. The molecule has 25 heavy (non-hydrogen) atoms. The van der Waals surface area contributed by atoms with Crippen molar-refractivity contribution < 1.29 is 13.6 Å². The van der Waals surface area contributed by atoms with E-state index in [0.29, 0.717) is 28.2 Å². The fourth-order valence-corrected chi connectivity index (χ4v) is 4.17. The van der Waals surface area contributed by atoms with Gasteiger partial charge < -0.3 is 10.2 Å². The van der Waals surface area contributed by atoms with Crippen LogP contribution in [0.2, 0.25) is 0 Å². The maximum atomic E-state index is 13.9. The number of benzene rings is 1. The molecule has 0 radical (unpaired) electrons. The molecule has 1 N–H and O–H groups in total. The first-order valence-electron chi connectivity index (χ1n) is 8.37. The van der Waals surface area contributed by atoms with Gasteiger partial charge in [0, 0.05) is 24.2 Å². The summed E-state index contributed by atoms with van der Waals surface area (Å²) in [7, 11) is 2.11. The Morgan fingerprint density at radius 1 is 1.44 bits per heavy atom. The van der Waals surface area contributed by atoms with Gasteiger partial charge in [0.05, 0.1) is 5.69 Å².